The van der Waals surface area contributed by atoms with Gasteiger partial charge in [0.15, 0.2) is 0 Å². The summed E-state index contributed by atoms with van der Waals surface area (Å²) in [6.07, 6.45) is 0. The van der Waals surface area contributed by atoms with Crippen LogP contribution in [0, 0.1) is 6.92 Å². The Balaban J connectivity index is 2.71. The van der Waals surface area contributed by atoms with E-state index in [1.165, 1.54) is 0 Å². The molecule has 0 bridgehead atoms. The highest BCUT2D eigenvalue weighted by molar-refractivity contribution is 7.98. The predicted octanol–water partition coefficient (Wildman–Crippen LogP) is 2.15. The van der Waals surface area contributed by atoms with Gasteiger partial charge in [-0.2, -0.15) is 23.5 Å². The first-order chi connectivity index (χ1) is 8.69. The van der Waals surface area contributed by atoms with E-state index in [9.17, 15) is 5.11 Å². The molecule has 0 saturated carbocycles. The SMILES string of the molecule is Cc1cc(CSCCO)c(O)c(CSCCO)c1. The number of hydrogen-bond donors (Lipinski definition) is 3. The Morgan fingerprint density at radius 3 is 1.78 bits per heavy atom. The van der Waals surface area contributed by atoms with Gasteiger partial charge in [0.25, 0.3) is 0 Å². The highest BCUT2D eigenvalue weighted by Crippen LogP contribution is 2.30. The van der Waals surface area contributed by atoms with E-state index in [-0.39, 0.29) is 13.2 Å². The fourth-order valence-electron chi connectivity index (χ4n) is 1.65. The van der Waals surface area contributed by atoms with Crippen LogP contribution in [0.5, 0.6) is 5.75 Å². The Morgan fingerprint density at radius 2 is 1.39 bits per heavy atom. The van der Waals surface area contributed by atoms with Crippen molar-refractivity contribution in [1.29, 1.82) is 0 Å². The quantitative estimate of drug-likeness (QED) is 0.640. The molecule has 0 aliphatic rings. The molecule has 0 heterocycles. The summed E-state index contributed by atoms with van der Waals surface area (Å²) < 4.78 is 0. The molecule has 1 aromatic rings. The summed E-state index contributed by atoms with van der Waals surface area (Å²) in [7, 11) is 0. The van der Waals surface area contributed by atoms with Crippen LogP contribution < -0.4 is 0 Å². The summed E-state index contributed by atoms with van der Waals surface area (Å²) >= 11 is 3.22. The third kappa shape index (κ3) is 5.10. The summed E-state index contributed by atoms with van der Waals surface area (Å²) in [5.41, 5.74) is 2.98. The smallest absolute Gasteiger partial charge is 0.123 e. The summed E-state index contributed by atoms with van der Waals surface area (Å²) in [4.78, 5) is 0. The molecule has 5 heteroatoms. The molecule has 1 aromatic carbocycles. The fourth-order valence-corrected chi connectivity index (χ4v) is 3.07. The van der Waals surface area contributed by atoms with Crippen LogP contribution in [0.25, 0.3) is 0 Å². The van der Waals surface area contributed by atoms with Gasteiger partial charge >= 0.3 is 0 Å². The van der Waals surface area contributed by atoms with Crippen molar-refractivity contribution >= 4 is 23.5 Å². The Bertz CT molecular complexity index is 338. The molecular formula is C13H20O3S2. The molecule has 102 valence electrons. The Labute approximate surface area is 117 Å². The second-order valence-corrected chi connectivity index (χ2v) is 6.19. The van der Waals surface area contributed by atoms with E-state index >= 15 is 0 Å². The van der Waals surface area contributed by atoms with Crippen molar-refractivity contribution in [3.63, 3.8) is 0 Å². The highest BCUT2D eigenvalue weighted by atomic mass is 32.2. The first-order valence-corrected chi connectivity index (χ1v) is 8.18. The Hall–Kier alpha value is -0.360. The molecule has 0 amide bonds. The predicted molar refractivity (Wildman–Crippen MR) is 79.3 cm³/mol. The van der Waals surface area contributed by atoms with Crippen molar-refractivity contribution in [2.75, 3.05) is 24.7 Å². The molecule has 3 N–H and O–H groups in total. The molecule has 3 nitrogen and oxygen atoms in total. The monoisotopic (exact) mass is 288 g/mol. The first kappa shape index (κ1) is 15.7. The molecule has 0 aliphatic heterocycles. The van der Waals surface area contributed by atoms with E-state index in [2.05, 4.69) is 0 Å². The van der Waals surface area contributed by atoms with Crippen molar-refractivity contribution in [2.45, 2.75) is 18.4 Å². The number of benzene rings is 1. The van der Waals surface area contributed by atoms with Crippen molar-refractivity contribution in [1.82, 2.24) is 0 Å². The van der Waals surface area contributed by atoms with Crippen molar-refractivity contribution in [3.8, 4) is 5.75 Å². The zero-order valence-electron chi connectivity index (χ0n) is 10.6. The maximum Gasteiger partial charge on any atom is 0.123 e. The molecular weight excluding hydrogens is 268 g/mol. The van der Waals surface area contributed by atoms with Crippen LogP contribution in [0.3, 0.4) is 0 Å². The van der Waals surface area contributed by atoms with E-state index in [1.807, 2.05) is 19.1 Å². The van der Waals surface area contributed by atoms with Crippen LogP contribution in [-0.4, -0.2) is 40.0 Å². The second kappa shape index (κ2) is 8.69. The van der Waals surface area contributed by atoms with Gasteiger partial charge in [-0.1, -0.05) is 17.7 Å². The number of rotatable bonds is 8. The van der Waals surface area contributed by atoms with Gasteiger partial charge in [0, 0.05) is 34.1 Å². The average molecular weight is 288 g/mol. The maximum absolute atomic E-state index is 10.2. The van der Waals surface area contributed by atoms with Gasteiger partial charge in [-0.05, 0) is 6.92 Å². The van der Waals surface area contributed by atoms with E-state index in [1.54, 1.807) is 23.5 Å². The zero-order chi connectivity index (χ0) is 13.4. The lowest BCUT2D eigenvalue weighted by Gasteiger charge is -2.11. The van der Waals surface area contributed by atoms with Crippen molar-refractivity contribution < 1.29 is 15.3 Å². The molecule has 0 aliphatic carbocycles. The third-order valence-corrected chi connectivity index (χ3v) is 4.37. The molecule has 0 fully saturated rings. The molecule has 0 aromatic heterocycles. The van der Waals surface area contributed by atoms with Crippen LogP contribution in [0.15, 0.2) is 12.1 Å². The van der Waals surface area contributed by atoms with Gasteiger partial charge < -0.3 is 15.3 Å². The molecule has 1 rings (SSSR count). The lowest BCUT2D eigenvalue weighted by atomic mass is 10.1. The number of aromatic hydroxyl groups is 1. The summed E-state index contributed by atoms with van der Waals surface area (Å²) in [6.45, 7) is 2.34. The molecule has 0 radical (unpaired) electrons. The minimum absolute atomic E-state index is 0.163. The van der Waals surface area contributed by atoms with Crippen LogP contribution in [0.4, 0.5) is 0 Å². The minimum Gasteiger partial charge on any atom is -0.507 e. The van der Waals surface area contributed by atoms with E-state index in [0.717, 1.165) is 16.7 Å². The molecule has 0 atom stereocenters. The van der Waals surface area contributed by atoms with Gasteiger partial charge in [-0.3, -0.25) is 0 Å². The number of aliphatic hydroxyl groups is 2. The number of aryl methyl sites for hydroxylation is 1. The van der Waals surface area contributed by atoms with Crippen LogP contribution in [0.1, 0.15) is 16.7 Å². The average Bonchev–Trinajstić information content (AvgIpc) is 2.35. The van der Waals surface area contributed by atoms with Gasteiger partial charge in [0.1, 0.15) is 5.75 Å². The van der Waals surface area contributed by atoms with Crippen molar-refractivity contribution in [2.24, 2.45) is 0 Å². The van der Waals surface area contributed by atoms with Gasteiger partial charge in [0.05, 0.1) is 13.2 Å². The Morgan fingerprint density at radius 1 is 0.944 bits per heavy atom. The fraction of sp³-hybridized carbons (Fsp3) is 0.538. The lowest BCUT2D eigenvalue weighted by Crippen LogP contribution is -1.94. The van der Waals surface area contributed by atoms with E-state index < -0.39 is 0 Å². The molecule has 18 heavy (non-hydrogen) atoms. The van der Waals surface area contributed by atoms with Crippen LogP contribution >= 0.6 is 23.5 Å². The first-order valence-electron chi connectivity index (χ1n) is 5.87. The lowest BCUT2D eigenvalue weighted by molar-refractivity contribution is 0.322. The largest absolute Gasteiger partial charge is 0.507 e. The number of phenols is 1. The van der Waals surface area contributed by atoms with Gasteiger partial charge in [-0.15, -0.1) is 0 Å². The van der Waals surface area contributed by atoms with Crippen LogP contribution in [-0.2, 0) is 11.5 Å². The molecule has 0 unspecified atom stereocenters. The summed E-state index contributed by atoms with van der Waals surface area (Å²) in [5, 5.41) is 27.7. The minimum atomic E-state index is 0.163. The number of aliphatic hydroxyl groups excluding tert-OH is 2. The topological polar surface area (TPSA) is 60.7 Å². The Kier molecular flexibility index (Phi) is 7.58. The second-order valence-electron chi connectivity index (χ2n) is 3.98. The molecule has 0 saturated heterocycles. The third-order valence-electron chi connectivity index (χ3n) is 2.40. The zero-order valence-corrected chi connectivity index (χ0v) is 12.2. The van der Waals surface area contributed by atoms with E-state index in [4.69, 9.17) is 10.2 Å². The van der Waals surface area contributed by atoms with Gasteiger partial charge in [-0.25, -0.2) is 0 Å². The van der Waals surface area contributed by atoms with E-state index in [0.29, 0.717) is 28.8 Å². The number of thioether (sulfide) groups is 2. The van der Waals surface area contributed by atoms with Crippen molar-refractivity contribution in [3.05, 3.63) is 28.8 Å². The summed E-state index contributed by atoms with van der Waals surface area (Å²) in [5.74, 6) is 3.15. The molecule has 0 spiro atoms. The number of phenolic OH excluding ortho intramolecular Hbond substituents is 1. The standard InChI is InChI=1S/C13H20O3S2/c1-10-6-11(8-17-4-2-14)13(16)12(7-10)9-18-5-3-15/h6-7,14-16H,2-5,8-9H2,1H3. The van der Waals surface area contributed by atoms with Gasteiger partial charge in [0.2, 0.25) is 0 Å². The summed E-state index contributed by atoms with van der Waals surface area (Å²) in [6, 6.07) is 3.97. The maximum atomic E-state index is 10.2. The van der Waals surface area contributed by atoms with Crippen LogP contribution in [0.2, 0.25) is 0 Å². The normalized spacial score (nSPS) is 10.8. The number of hydrogen-bond acceptors (Lipinski definition) is 5. The highest BCUT2D eigenvalue weighted by Gasteiger charge is 2.09.